The van der Waals surface area contributed by atoms with Crippen molar-refractivity contribution in [3.8, 4) is 11.3 Å². The Hall–Kier alpha value is -1.47. The number of thiazole rings is 1. The molecule has 7 heteroatoms. The summed E-state index contributed by atoms with van der Waals surface area (Å²) < 4.78 is 5.60. The Labute approximate surface area is 150 Å². The van der Waals surface area contributed by atoms with Gasteiger partial charge in [0, 0.05) is 22.0 Å². The van der Waals surface area contributed by atoms with Gasteiger partial charge >= 0.3 is 0 Å². The lowest BCUT2D eigenvalue weighted by Crippen LogP contribution is -2.35. The van der Waals surface area contributed by atoms with Crippen molar-refractivity contribution >= 4 is 28.8 Å². The highest BCUT2D eigenvalue weighted by Crippen LogP contribution is 2.28. The second-order valence-corrected chi connectivity index (χ2v) is 7.52. The molecule has 1 aromatic heterocycles. The van der Waals surface area contributed by atoms with E-state index in [9.17, 15) is 4.79 Å². The molecule has 3 N–H and O–H groups in total. The Bertz CT molecular complexity index is 717. The number of nitrogens with zero attached hydrogens (tertiary/aromatic N) is 1. The van der Waals surface area contributed by atoms with Crippen molar-refractivity contribution < 1.29 is 9.53 Å². The molecule has 0 radical (unpaired) electrons. The van der Waals surface area contributed by atoms with Crippen LogP contribution in [0.15, 0.2) is 24.3 Å². The van der Waals surface area contributed by atoms with E-state index >= 15 is 0 Å². The number of hydrogen-bond acceptors (Lipinski definition) is 5. The molecule has 2 aromatic rings. The van der Waals surface area contributed by atoms with Crippen molar-refractivity contribution in [3.05, 3.63) is 39.2 Å². The van der Waals surface area contributed by atoms with Gasteiger partial charge in [-0.2, -0.15) is 0 Å². The lowest BCUT2D eigenvalue weighted by molar-refractivity contribution is -0.132. The molecule has 1 fully saturated rings. The molecule has 1 aliphatic heterocycles. The Morgan fingerprint density at radius 1 is 1.42 bits per heavy atom. The first-order valence-corrected chi connectivity index (χ1v) is 9.11. The topological polar surface area (TPSA) is 77.2 Å². The molecule has 0 bridgehead atoms. The molecular weight excluding hydrogens is 346 g/mol. The fraction of sp³-hybridized carbons (Fsp3) is 0.412. The highest BCUT2D eigenvalue weighted by atomic mass is 35.5. The molecule has 24 heavy (non-hydrogen) atoms. The first-order chi connectivity index (χ1) is 11.6. The number of carbonyl (C=O) groups is 1. The van der Waals surface area contributed by atoms with Gasteiger partial charge in [-0.25, -0.2) is 4.98 Å². The standard InChI is InChI=1S/C17H20ClN3O2S/c1-10-16(11-2-4-12(18)5-3-11)21-15(24-10)9-20-17(22)14-7-6-13(8-19)23-14/h2-5,13-14H,6-9,19H2,1H3,(H,20,22)/t13-,14+/m1/s1. The van der Waals surface area contributed by atoms with E-state index in [1.165, 1.54) is 0 Å². The summed E-state index contributed by atoms with van der Waals surface area (Å²) in [5.41, 5.74) is 7.53. The molecule has 3 rings (SSSR count). The summed E-state index contributed by atoms with van der Waals surface area (Å²) in [5, 5.41) is 4.48. The molecule has 1 saturated heterocycles. The summed E-state index contributed by atoms with van der Waals surface area (Å²) in [6.45, 7) is 2.89. The second kappa shape index (κ2) is 7.61. The molecule has 128 valence electrons. The lowest BCUT2D eigenvalue weighted by Gasteiger charge is -2.11. The van der Waals surface area contributed by atoms with Crippen LogP contribution in [0.4, 0.5) is 0 Å². The van der Waals surface area contributed by atoms with Gasteiger partial charge in [-0.3, -0.25) is 4.79 Å². The van der Waals surface area contributed by atoms with E-state index in [4.69, 9.17) is 22.1 Å². The fourth-order valence-corrected chi connectivity index (χ4v) is 3.77. The SMILES string of the molecule is Cc1sc(CNC(=O)[C@@H]2CC[C@H](CN)O2)nc1-c1ccc(Cl)cc1. The molecular formula is C17H20ClN3O2S. The van der Waals surface area contributed by atoms with E-state index in [-0.39, 0.29) is 12.0 Å². The highest BCUT2D eigenvalue weighted by molar-refractivity contribution is 7.12. The largest absolute Gasteiger partial charge is 0.364 e. The Morgan fingerprint density at radius 2 is 2.17 bits per heavy atom. The summed E-state index contributed by atoms with van der Waals surface area (Å²) in [6, 6.07) is 7.60. The van der Waals surface area contributed by atoms with Crippen LogP contribution in [0.25, 0.3) is 11.3 Å². The number of carbonyl (C=O) groups excluding carboxylic acids is 1. The van der Waals surface area contributed by atoms with Crippen molar-refractivity contribution in [3.63, 3.8) is 0 Å². The summed E-state index contributed by atoms with van der Waals surface area (Å²) in [4.78, 5) is 17.9. The van der Waals surface area contributed by atoms with Crippen molar-refractivity contribution in [2.24, 2.45) is 5.73 Å². The fourth-order valence-electron chi connectivity index (χ4n) is 2.75. The Balaban J connectivity index is 1.61. The first-order valence-electron chi connectivity index (χ1n) is 7.92. The monoisotopic (exact) mass is 365 g/mol. The number of nitrogens with one attached hydrogen (secondary N) is 1. The van der Waals surface area contributed by atoms with Crippen LogP contribution in [0.5, 0.6) is 0 Å². The van der Waals surface area contributed by atoms with Crippen molar-refractivity contribution in [2.75, 3.05) is 6.54 Å². The van der Waals surface area contributed by atoms with E-state index in [2.05, 4.69) is 10.3 Å². The minimum absolute atomic E-state index is 0.000588. The maximum absolute atomic E-state index is 12.2. The molecule has 1 aliphatic rings. The van der Waals surface area contributed by atoms with E-state index in [0.29, 0.717) is 18.1 Å². The molecule has 5 nitrogen and oxygen atoms in total. The summed E-state index contributed by atoms with van der Waals surface area (Å²) in [7, 11) is 0. The second-order valence-electron chi connectivity index (χ2n) is 5.80. The Morgan fingerprint density at radius 3 is 2.83 bits per heavy atom. The number of aromatic nitrogens is 1. The third-order valence-electron chi connectivity index (χ3n) is 4.04. The summed E-state index contributed by atoms with van der Waals surface area (Å²) in [6.07, 6.45) is 1.17. The summed E-state index contributed by atoms with van der Waals surface area (Å²) in [5.74, 6) is -0.0909. The number of hydrogen-bond donors (Lipinski definition) is 2. The molecule has 2 heterocycles. The third-order valence-corrected chi connectivity index (χ3v) is 5.26. The van der Waals surface area contributed by atoms with Crippen LogP contribution in [0.2, 0.25) is 5.02 Å². The maximum atomic E-state index is 12.2. The zero-order valence-electron chi connectivity index (χ0n) is 13.4. The van der Waals surface area contributed by atoms with Gasteiger partial charge in [0.2, 0.25) is 5.91 Å². The molecule has 0 spiro atoms. The van der Waals surface area contributed by atoms with E-state index < -0.39 is 6.10 Å². The van der Waals surface area contributed by atoms with Gasteiger partial charge in [0.05, 0.1) is 18.3 Å². The van der Waals surface area contributed by atoms with Gasteiger partial charge in [0.25, 0.3) is 0 Å². The smallest absolute Gasteiger partial charge is 0.249 e. The van der Waals surface area contributed by atoms with Crippen molar-refractivity contribution in [1.82, 2.24) is 10.3 Å². The van der Waals surface area contributed by atoms with Gasteiger partial charge < -0.3 is 15.8 Å². The van der Waals surface area contributed by atoms with Gasteiger partial charge in [-0.1, -0.05) is 23.7 Å². The molecule has 0 unspecified atom stereocenters. The Kier molecular flexibility index (Phi) is 5.50. The van der Waals surface area contributed by atoms with E-state index in [1.807, 2.05) is 31.2 Å². The predicted molar refractivity (Wildman–Crippen MR) is 96.1 cm³/mol. The van der Waals surface area contributed by atoms with E-state index in [1.54, 1.807) is 11.3 Å². The van der Waals surface area contributed by atoms with E-state index in [0.717, 1.165) is 34.0 Å². The van der Waals surface area contributed by atoms with Gasteiger partial charge in [0.15, 0.2) is 0 Å². The number of amides is 1. The van der Waals surface area contributed by atoms with Crippen LogP contribution in [-0.2, 0) is 16.1 Å². The summed E-state index contributed by atoms with van der Waals surface area (Å²) >= 11 is 7.51. The highest BCUT2D eigenvalue weighted by Gasteiger charge is 2.29. The number of halogens is 1. The van der Waals surface area contributed by atoms with Crippen molar-refractivity contribution in [1.29, 1.82) is 0 Å². The number of ether oxygens (including phenoxy) is 1. The molecule has 1 aromatic carbocycles. The minimum Gasteiger partial charge on any atom is -0.364 e. The number of rotatable bonds is 5. The van der Waals surface area contributed by atoms with Gasteiger partial charge in [0.1, 0.15) is 11.1 Å². The predicted octanol–water partition coefficient (Wildman–Crippen LogP) is 2.89. The molecule has 0 aliphatic carbocycles. The maximum Gasteiger partial charge on any atom is 0.249 e. The van der Waals surface area contributed by atoms with Crippen molar-refractivity contribution in [2.45, 2.75) is 38.5 Å². The molecule has 1 amide bonds. The van der Waals surface area contributed by atoms with Gasteiger partial charge in [-0.15, -0.1) is 11.3 Å². The lowest BCUT2D eigenvalue weighted by atomic mass is 10.1. The van der Waals surface area contributed by atoms with Gasteiger partial charge in [-0.05, 0) is 31.9 Å². The molecule has 0 saturated carbocycles. The van der Waals surface area contributed by atoms with Crippen LogP contribution < -0.4 is 11.1 Å². The number of aryl methyl sites for hydroxylation is 1. The molecule has 2 atom stereocenters. The average molecular weight is 366 g/mol. The number of benzene rings is 1. The quantitative estimate of drug-likeness (QED) is 0.854. The minimum atomic E-state index is -0.393. The van der Waals surface area contributed by atoms with Crippen LogP contribution in [0.3, 0.4) is 0 Å². The van der Waals surface area contributed by atoms with Crippen LogP contribution in [0.1, 0.15) is 22.7 Å². The normalized spacial score (nSPS) is 20.3. The average Bonchev–Trinajstić information content (AvgIpc) is 3.20. The third kappa shape index (κ3) is 3.95. The number of nitrogens with two attached hydrogens (primary N) is 1. The zero-order valence-corrected chi connectivity index (χ0v) is 15.0. The van der Waals surface area contributed by atoms with Crippen LogP contribution in [0, 0.1) is 6.92 Å². The van der Waals surface area contributed by atoms with Crippen LogP contribution >= 0.6 is 22.9 Å². The zero-order chi connectivity index (χ0) is 17.1. The van der Waals surface area contributed by atoms with Crippen LogP contribution in [-0.4, -0.2) is 29.6 Å². The first kappa shape index (κ1) is 17.4.